The molecule has 5 nitrogen and oxygen atoms in total. The van der Waals surface area contributed by atoms with Crippen LogP contribution in [0.1, 0.15) is 22.5 Å². The molecule has 0 unspecified atom stereocenters. The van der Waals surface area contributed by atoms with Gasteiger partial charge in [-0.2, -0.15) is 0 Å². The first-order valence-corrected chi connectivity index (χ1v) is 9.89. The molecule has 0 saturated carbocycles. The van der Waals surface area contributed by atoms with Crippen LogP contribution in [0, 0.1) is 5.82 Å². The van der Waals surface area contributed by atoms with Crippen LogP contribution in [0.4, 0.5) is 10.1 Å². The Labute approximate surface area is 183 Å². The predicted octanol–water partition coefficient (Wildman–Crippen LogP) is 4.88. The lowest BCUT2D eigenvalue weighted by Crippen LogP contribution is -2.34. The molecule has 0 saturated heterocycles. The maximum atomic E-state index is 13.1. The number of rotatable bonds is 7. The van der Waals surface area contributed by atoms with E-state index in [1.54, 1.807) is 41.4 Å². The Morgan fingerprint density at radius 1 is 1.03 bits per heavy atom. The fraction of sp³-hybridized carbons (Fsp3) is 0.136. The number of carbonyl (C=O) groups excluding carboxylic acids is 2. The summed E-state index contributed by atoms with van der Waals surface area (Å²) in [5.74, 6) is -1.20. The lowest BCUT2D eigenvalue weighted by Gasteiger charge is -2.23. The molecule has 0 bridgehead atoms. The van der Waals surface area contributed by atoms with Crippen LogP contribution in [0.2, 0.25) is 10.0 Å². The summed E-state index contributed by atoms with van der Waals surface area (Å²) in [6.45, 7) is 0.372. The summed E-state index contributed by atoms with van der Waals surface area (Å²) in [6.07, 6.45) is 1.71. The van der Waals surface area contributed by atoms with Gasteiger partial charge in [-0.3, -0.25) is 14.6 Å². The van der Waals surface area contributed by atoms with Gasteiger partial charge in [0.2, 0.25) is 5.91 Å². The highest BCUT2D eigenvalue weighted by Gasteiger charge is 2.18. The van der Waals surface area contributed by atoms with Crippen LogP contribution < -0.4 is 10.2 Å². The Balaban J connectivity index is 1.67. The average molecular weight is 446 g/mol. The van der Waals surface area contributed by atoms with E-state index in [2.05, 4.69) is 10.3 Å². The van der Waals surface area contributed by atoms with E-state index in [-0.39, 0.29) is 36.0 Å². The third-order valence-electron chi connectivity index (χ3n) is 4.29. The molecule has 8 heteroatoms. The monoisotopic (exact) mass is 445 g/mol. The molecule has 2 aromatic carbocycles. The van der Waals surface area contributed by atoms with Crippen molar-refractivity contribution >= 4 is 40.7 Å². The number of aromatic nitrogens is 1. The van der Waals surface area contributed by atoms with Gasteiger partial charge < -0.3 is 10.2 Å². The molecule has 3 aromatic rings. The standard InChI is InChI=1S/C22H18Cl2FN3O2/c23-15-4-7-18(8-5-15)28(14-17-3-1-2-11-26-17)21(29)10-12-27-22(30)19-9-6-16(25)13-20(19)24/h1-9,11,13H,10,12,14H2,(H,27,30). The second-order valence-corrected chi connectivity index (χ2v) is 7.25. The van der Waals surface area contributed by atoms with Gasteiger partial charge in [0.15, 0.2) is 0 Å². The minimum absolute atomic E-state index is 0.0109. The molecule has 30 heavy (non-hydrogen) atoms. The average Bonchev–Trinajstić information content (AvgIpc) is 2.73. The molecule has 0 atom stereocenters. The smallest absolute Gasteiger partial charge is 0.252 e. The molecule has 0 aliphatic rings. The predicted molar refractivity (Wildman–Crippen MR) is 115 cm³/mol. The summed E-state index contributed by atoms with van der Waals surface area (Å²) < 4.78 is 13.1. The van der Waals surface area contributed by atoms with E-state index in [9.17, 15) is 14.0 Å². The lowest BCUT2D eigenvalue weighted by atomic mass is 10.2. The van der Waals surface area contributed by atoms with Crippen molar-refractivity contribution in [3.05, 3.63) is 94.0 Å². The molecule has 154 valence electrons. The van der Waals surface area contributed by atoms with Crippen molar-refractivity contribution in [1.29, 1.82) is 0 Å². The summed E-state index contributed by atoms with van der Waals surface area (Å²) in [5, 5.41) is 3.21. The first-order valence-electron chi connectivity index (χ1n) is 9.13. The molecule has 0 radical (unpaired) electrons. The van der Waals surface area contributed by atoms with Crippen molar-refractivity contribution in [1.82, 2.24) is 10.3 Å². The topological polar surface area (TPSA) is 62.3 Å². The first-order chi connectivity index (χ1) is 14.4. The van der Waals surface area contributed by atoms with Gasteiger partial charge in [0.1, 0.15) is 5.82 Å². The summed E-state index contributed by atoms with van der Waals surface area (Å²) >= 11 is 11.9. The van der Waals surface area contributed by atoms with Crippen molar-refractivity contribution in [3.63, 3.8) is 0 Å². The molecule has 2 amide bonds. The lowest BCUT2D eigenvalue weighted by molar-refractivity contribution is -0.118. The highest BCUT2D eigenvalue weighted by molar-refractivity contribution is 6.33. The summed E-state index contributed by atoms with van der Waals surface area (Å²) in [7, 11) is 0. The van der Waals surface area contributed by atoms with Gasteiger partial charge in [-0.25, -0.2) is 4.39 Å². The number of nitrogens with one attached hydrogen (secondary N) is 1. The minimum atomic E-state index is -0.528. The number of carbonyl (C=O) groups is 2. The maximum Gasteiger partial charge on any atom is 0.252 e. The van der Waals surface area contributed by atoms with Crippen molar-refractivity contribution in [2.45, 2.75) is 13.0 Å². The molecule has 3 rings (SSSR count). The number of nitrogens with zero attached hydrogens (tertiary/aromatic N) is 2. The van der Waals surface area contributed by atoms with Gasteiger partial charge in [-0.1, -0.05) is 29.3 Å². The Morgan fingerprint density at radius 2 is 1.80 bits per heavy atom. The molecule has 0 aliphatic carbocycles. The molecule has 1 heterocycles. The first kappa shape index (κ1) is 21.7. The normalized spacial score (nSPS) is 10.5. The summed E-state index contributed by atoms with van der Waals surface area (Å²) in [4.78, 5) is 31.0. The fourth-order valence-electron chi connectivity index (χ4n) is 2.78. The molecular weight excluding hydrogens is 428 g/mol. The van der Waals surface area contributed by atoms with Crippen LogP contribution in [-0.4, -0.2) is 23.3 Å². The SMILES string of the molecule is O=C(NCCC(=O)N(Cc1ccccn1)c1ccc(Cl)cc1)c1ccc(F)cc1Cl. The highest BCUT2D eigenvalue weighted by atomic mass is 35.5. The van der Waals surface area contributed by atoms with Crippen LogP contribution >= 0.6 is 23.2 Å². The van der Waals surface area contributed by atoms with E-state index in [0.29, 0.717) is 10.7 Å². The second-order valence-electron chi connectivity index (χ2n) is 6.41. The van der Waals surface area contributed by atoms with Crippen LogP contribution in [0.25, 0.3) is 0 Å². The molecule has 0 spiro atoms. The van der Waals surface area contributed by atoms with Crippen molar-refractivity contribution in [3.8, 4) is 0 Å². The van der Waals surface area contributed by atoms with E-state index >= 15 is 0 Å². The largest absolute Gasteiger partial charge is 0.351 e. The number of amides is 2. The zero-order chi connectivity index (χ0) is 21.5. The Bertz CT molecular complexity index is 1030. The van der Waals surface area contributed by atoms with E-state index in [4.69, 9.17) is 23.2 Å². The van der Waals surface area contributed by atoms with Gasteiger partial charge >= 0.3 is 0 Å². The summed E-state index contributed by atoms with van der Waals surface area (Å²) in [5.41, 5.74) is 1.54. The molecular formula is C22H18Cl2FN3O2. The van der Waals surface area contributed by atoms with E-state index < -0.39 is 11.7 Å². The number of hydrogen-bond donors (Lipinski definition) is 1. The van der Waals surface area contributed by atoms with Gasteiger partial charge in [-0.05, 0) is 54.6 Å². The number of hydrogen-bond acceptors (Lipinski definition) is 3. The number of anilines is 1. The molecule has 1 aromatic heterocycles. The van der Waals surface area contributed by atoms with Gasteiger partial charge in [0.25, 0.3) is 5.91 Å². The van der Waals surface area contributed by atoms with E-state index in [1.165, 1.54) is 6.07 Å². The minimum Gasteiger partial charge on any atom is -0.351 e. The number of benzene rings is 2. The second kappa shape index (κ2) is 10.2. The summed E-state index contributed by atoms with van der Waals surface area (Å²) in [6, 6.07) is 15.9. The van der Waals surface area contributed by atoms with Crippen LogP contribution in [0.5, 0.6) is 0 Å². The fourth-order valence-corrected chi connectivity index (χ4v) is 3.16. The van der Waals surface area contributed by atoms with E-state index in [1.807, 2.05) is 12.1 Å². The van der Waals surface area contributed by atoms with Crippen molar-refractivity contribution in [2.24, 2.45) is 0 Å². The maximum absolute atomic E-state index is 13.1. The highest BCUT2D eigenvalue weighted by Crippen LogP contribution is 2.21. The van der Waals surface area contributed by atoms with Gasteiger partial charge in [-0.15, -0.1) is 0 Å². The van der Waals surface area contributed by atoms with E-state index in [0.717, 1.165) is 17.8 Å². The van der Waals surface area contributed by atoms with Gasteiger partial charge in [0, 0.05) is 29.9 Å². The van der Waals surface area contributed by atoms with Crippen molar-refractivity contribution < 1.29 is 14.0 Å². The molecule has 0 fully saturated rings. The van der Waals surface area contributed by atoms with Crippen LogP contribution in [0.3, 0.4) is 0 Å². The Kier molecular flexibility index (Phi) is 7.38. The zero-order valence-electron chi connectivity index (χ0n) is 15.8. The Hall–Kier alpha value is -2.96. The van der Waals surface area contributed by atoms with Crippen LogP contribution in [-0.2, 0) is 11.3 Å². The number of pyridine rings is 1. The zero-order valence-corrected chi connectivity index (χ0v) is 17.3. The van der Waals surface area contributed by atoms with Gasteiger partial charge in [0.05, 0.1) is 22.8 Å². The Morgan fingerprint density at radius 3 is 2.47 bits per heavy atom. The quantitative estimate of drug-likeness (QED) is 0.563. The molecule has 0 aliphatic heterocycles. The number of halogens is 3. The van der Waals surface area contributed by atoms with Crippen molar-refractivity contribution in [2.75, 3.05) is 11.4 Å². The van der Waals surface area contributed by atoms with Crippen LogP contribution in [0.15, 0.2) is 66.9 Å². The molecule has 1 N–H and O–H groups in total. The third kappa shape index (κ3) is 5.78. The third-order valence-corrected chi connectivity index (χ3v) is 4.85.